The van der Waals surface area contributed by atoms with Gasteiger partial charge in [-0.05, 0) is 178 Å². The zero-order valence-corrected chi connectivity index (χ0v) is 36.8. The van der Waals surface area contributed by atoms with E-state index in [0.29, 0.717) is 19.1 Å². The van der Waals surface area contributed by atoms with E-state index < -0.39 is 11.7 Å². The summed E-state index contributed by atoms with van der Waals surface area (Å²) in [5.41, 5.74) is 14.5. The first-order valence-corrected chi connectivity index (χ1v) is 22.8. The van der Waals surface area contributed by atoms with E-state index in [-0.39, 0.29) is 10.8 Å². The number of amides is 1. The van der Waals surface area contributed by atoms with Gasteiger partial charge in [0.05, 0.1) is 11.4 Å². The third-order valence-corrected chi connectivity index (χ3v) is 14.1. The molecule has 63 heavy (non-hydrogen) atoms. The summed E-state index contributed by atoms with van der Waals surface area (Å²) in [6, 6.07) is 46.1. The van der Waals surface area contributed by atoms with Crippen LogP contribution in [0.1, 0.15) is 106 Å². The fraction of sp³-hybridized carbons (Fsp3) is 0.364. The summed E-state index contributed by atoms with van der Waals surface area (Å²) < 4.78 is 17.3. The monoisotopic (exact) mass is 840 g/mol. The lowest BCUT2D eigenvalue weighted by atomic mass is 9.64. The number of benzene rings is 4. The molecule has 0 saturated heterocycles. The number of pyridine rings is 2. The Hall–Kier alpha value is -6.15. The van der Waals surface area contributed by atoms with E-state index in [4.69, 9.17) is 19.9 Å². The standard InChI is InChI=1S/C30H34N2O3.C25H26N2O/c1-29(2,3)35-28(33)32-25-13-9-22(10-14-25)30(19-21-7-8-24(30)18-21)23-11-15-27(16-12-23)34-20-26-6-4-5-17-31-26;26-22-10-6-19(7-11-22)25(16-18-4-5-21(25)15-18)20-8-12-24(13-9-20)28-17-23-3-1-2-14-27-23/h4-6,9-17,21,24H,7-8,18-20H2,1-3H3,(H,32,33);1-3,6-14,18,21H,4-5,15-17,26H2/t21?,24-,30+;18?,21-,25+/m11/s1. The number of anilines is 2. The SMILES string of the molecule is CC(C)(C)OC(=O)Nc1ccc([C@]2(c3ccc(OCc4ccccn4)cc3)CC3CC[C@@H]2C3)cc1.Nc1ccc([C@]2(c3ccc(OCc4ccccn4)cc3)CC3CC[C@@H]2C3)cc1. The molecule has 3 N–H and O–H groups in total. The van der Waals surface area contributed by atoms with Crippen LogP contribution in [0.4, 0.5) is 16.2 Å². The number of aromatic nitrogens is 2. The van der Waals surface area contributed by atoms with Crippen LogP contribution >= 0.6 is 0 Å². The van der Waals surface area contributed by atoms with Crippen molar-refractivity contribution >= 4 is 17.5 Å². The Balaban J connectivity index is 0.000000164. The van der Waals surface area contributed by atoms with Gasteiger partial charge in [-0.25, -0.2) is 4.79 Å². The molecule has 2 unspecified atom stereocenters. The normalized spacial score (nSPS) is 24.3. The molecular formula is C55H60N4O4. The Labute approximate surface area is 372 Å². The number of carbonyl (C=O) groups is 1. The van der Waals surface area contributed by atoms with Crippen molar-refractivity contribution < 1.29 is 19.0 Å². The largest absolute Gasteiger partial charge is 0.487 e. The van der Waals surface area contributed by atoms with Gasteiger partial charge in [-0.15, -0.1) is 0 Å². The Morgan fingerprint density at radius 3 is 1.40 bits per heavy atom. The first kappa shape index (κ1) is 42.2. The van der Waals surface area contributed by atoms with Crippen LogP contribution in [0.2, 0.25) is 0 Å². The average molecular weight is 841 g/mol. The second kappa shape index (κ2) is 17.9. The van der Waals surface area contributed by atoms with E-state index in [2.05, 4.69) is 88.1 Å². The average Bonchev–Trinajstić information content (AvgIpc) is 4.13. The van der Waals surface area contributed by atoms with Crippen molar-refractivity contribution in [2.75, 3.05) is 11.1 Å². The third kappa shape index (κ3) is 9.18. The van der Waals surface area contributed by atoms with Gasteiger partial charge in [0, 0.05) is 34.6 Å². The van der Waals surface area contributed by atoms with Crippen molar-refractivity contribution in [3.8, 4) is 11.5 Å². The number of nitrogens with one attached hydrogen (secondary N) is 1. The minimum atomic E-state index is -0.523. The quantitative estimate of drug-likeness (QED) is 0.125. The number of rotatable bonds is 11. The maximum absolute atomic E-state index is 12.2. The number of nitrogens with two attached hydrogens (primary N) is 1. The lowest BCUT2D eigenvalue weighted by molar-refractivity contribution is 0.0636. The van der Waals surface area contributed by atoms with E-state index in [1.807, 2.05) is 81.4 Å². The Kier molecular flexibility index (Phi) is 12.0. The number of fused-ring (bicyclic) bond motifs is 4. The molecule has 6 aromatic rings. The van der Waals surface area contributed by atoms with Gasteiger partial charge >= 0.3 is 6.09 Å². The second-order valence-corrected chi connectivity index (χ2v) is 19.2. The number of ether oxygens (including phenoxy) is 3. The van der Waals surface area contributed by atoms with Crippen molar-refractivity contribution in [3.63, 3.8) is 0 Å². The number of nitrogen functional groups attached to an aromatic ring is 1. The molecule has 4 aliphatic rings. The molecule has 0 spiro atoms. The Bertz CT molecular complexity index is 2440. The molecule has 8 nitrogen and oxygen atoms in total. The summed E-state index contributed by atoms with van der Waals surface area (Å²) >= 11 is 0. The summed E-state index contributed by atoms with van der Waals surface area (Å²) in [6.45, 7) is 6.55. The van der Waals surface area contributed by atoms with Crippen LogP contribution in [0.3, 0.4) is 0 Å². The molecule has 4 aliphatic carbocycles. The molecule has 0 aliphatic heterocycles. The summed E-state index contributed by atoms with van der Waals surface area (Å²) in [5.74, 6) is 4.74. The zero-order chi connectivity index (χ0) is 43.4. The van der Waals surface area contributed by atoms with Crippen LogP contribution in [-0.4, -0.2) is 21.7 Å². The highest BCUT2D eigenvalue weighted by molar-refractivity contribution is 5.84. The van der Waals surface area contributed by atoms with Crippen LogP contribution < -0.4 is 20.5 Å². The second-order valence-electron chi connectivity index (χ2n) is 19.2. The van der Waals surface area contributed by atoms with E-state index in [0.717, 1.165) is 52.0 Å². The predicted octanol–water partition coefficient (Wildman–Crippen LogP) is 12.5. The van der Waals surface area contributed by atoms with E-state index in [1.54, 1.807) is 12.4 Å². The highest BCUT2D eigenvalue weighted by Gasteiger charge is 2.54. The fourth-order valence-corrected chi connectivity index (χ4v) is 11.4. The molecule has 4 saturated carbocycles. The molecule has 10 rings (SSSR count). The van der Waals surface area contributed by atoms with Crippen LogP contribution in [0, 0.1) is 23.7 Å². The topological polar surface area (TPSA) is 109 Å². The maximum Gasteiger partial charge on any atom is 0.412 e. The Morgan fingerprint density at radius 2 is 1.03 bits per heavy atom. The van der Waals surface area contributed by atoms with Crippen molar-refractivity contribution in [1.29, 1.82) is 0 Å². The third-order valence-electron chi connectivity index (χ3n) is 14.1. The van der Waals surface area contributed by atoms with Gasteiger partial charge in [0.15, 0.2) is 0 Å². The summed E-state index contributed by atoms with van der Waals surface area (Å²) in [7, 11) is 0. The number of carbonyl (C=O) groups excluding carboxylic acids is 1. The van der Waals surface area contributed by atoms with Gasteiger partial charge in [0.1, 0.15) is 30.3 Å². The van der Waals surface area contributed by atoms with Gasteiger partial charge in [0.2, 0.25) is 0 Å². The molecular weight excluding hydrogens is 781 g/mol. The first-order chi connectivity index (χ1) is 30.6. The van der Waals surface area contributed by atoms with Crippen molar-refractivity contribution in [3.05, 3.63) is 179 Å². The minimum absolute atomic E-state index is 0.00683. The molecule has 1 amide bonds. The molecule has 324 valence electrons. The van der Waals surface area contributed by atoms with E-state index >= 15 is 0 Å². The molecule has 4 aromatic carbocycles. The number of hydrogen-bond donors (Lipinski definition) is 2. The van der Waals surface area contributed by atoms with Crippen LogP contribution in [0.25, 0.3) is 0 Å². The van der Waals surface area contributed by atoms with E-state index in [1.165, 1.54) is 73.6 Å². The van der Waals surface area contributed by atoms with Crippen LogP contribution in [0.5, 0.6) is 11.5 Å². The van der Waals surface area contributed by atoms with Crippen LogP contribution in [-0.2, 0) is 28.8 Å². The lowest BCUT2D eigenvalue weighted by Crippen LogP contribution is -2.34. The molecule has 4 bridgehead atoms. The highest BCUT2D eigenvalue weighted by Crippen LogP contribution is 2.61. The smallest absolute Gasteiger partial charge is 0.412 e. The van der Waals surface area contributed by atoms with Crippen molar-refractivity contribution in [2.45, 2.75) is 102 Å². The predicted molar refractivity (Wildman–Crippen MR) is 250 cm³/mol. The molecule has 8 heteroatoms. The van der Waals surface area contributed by atoms with E-state index in [9.17, 15) is 4.79 Å². The van der Waals surface area contributed by atoms with Gasteiger partial charge in [0.25, 0.3) is 0 Å². The van der Waals surface area contributed by atoms with Crippen molar-refractivity contribution in [1.82, 2.24) is 9.97 Å². The van der Waals surface area contributed by atoms with Crippen LogP contribution in [0.15, 0.2) is 146 Å². The highest BCUT2D eigenvalue weighted by atomic mass is 16.6. The van der Waals surface area contributed by atoms with Gasteiger partial charge in [-0.2, -0.15) is 0 Å². The molecule has 6 atom stereocenters. The summed E-state index contributed by atoms with van der Waals surface area (Å²) in [6.07, 6.45) is 13.5. The van der Waals surface area contributed by atoms with Gasteiger partial charge in [-0.1, -0.05) is 73.5 Å². The minimum Gasteiger partial charge on any atom is -0.487 e. The molecule has 2 aromatic heterocycles. The molecule has 4 fully saturated rings. The first-order valence-electron chi connectivity index (χ1n) is 22.8. The molecule has 2 heterocycles. The molecule has 0 radical (unpaired) electrons. The van der Waals surface area contributed by atoms with Gasteiger partial charge in [-0.3, -0.25) is 15.3 Å². The van der Waals surface area contributed by atoms with Crippen molar-refractivity contribution in [2.24, 2.45) is 23.7 Å². The number of nitrogens with zero attached hydrogens (tertiary/aromatic N) is 2. The van der Waals surface area contributed by atoms with Gasteiger partial charge < -0.3 is 19.9 Å². The number of hydrogen-bond acceptors (Lipinski definition) is 7. The fourth-order valence-electron chi connectivity index (χ4n) is 11.4. The Morgan fingerprint density at radius 1 is 0.603 bits per heavy atom. The zero-order valence-electron chi connectivity index (χ0n) is 36.8. The lowest BCUT2D eigenvalue weighted by Gasteiger charge is -2.39. The summed E-state index contributed by atoms with van der Waals surface area (Å²) in [4.78, 5) is 20.8. The summed E-state index contributed by atoms with van der Waals surface area (Å²) in [5, 5.41) is 2.85. The maximum atomic E-state index is 12.2.